The number of hydrogen-bond donors (Lipinski definition) is 1. The molecule has 0 spiro atoms. The number of nitro benzene ring substituents is 1. The molecule has 140 valence electrons. The zero-order chi connectivity index (χ0) is 19.4. The van der Waals surface area contributed by atoms with Crippen LogP contribution in [0.15, 0.2) is 47.2 Å². The lowest BCUT2D eigenvalue weighted by atomic mass is 10.1. The number of non-ortho nitro benzene ring substituents is 1. The Labute approximate surface area is 161 Å². The first-order valence-corrected chi connectivity index (χ1v) is 9.41. The van der Waals surface area contributed by atoms with Gasteiger partial charge in [-0.2, -0.15) is 11.3 Å². The summed E-state index contributed by atoms with van der Waals surface area (Å²) in [4.78, 5) is 21.8. The van der Waals surface area contributed by atoms with Gasteiger partial charge in [0.2, 0.25) is 0 Å². The van der Waals surface area contributed by atoms with Gasteiger partial charge in [0, 0.05) is 36.0 Å². The van der Waals surface area contributed by atoms with Crippen molar-refractivity contribution in [1.29, 1.82) is 0 Å². The standard InChI is InChI=1S/C19H21N5O2S/c1-13-9-18(20-11-17(23(2)3)15-7-8-27-12-15)22-19(21-13)14-5-4-6-16(10-14)24(25)26/h4-10,12,17H,11H2,1-3H3,(H,20,21,22). The van der Waals surface area contributed by atoms with Crippen molar-refractivity contribution in [2.24, 2.45) is 0 Å². The van der Waals surface area contributed by atoms with Gasteiger partial charge in [0.25, 0.3) is 5.69 Å². The fourth-order valence-electron chi connectivity index (χ4n) is 2.81. The zero-order valence-corrected chi connectivity index (χ0v) is 16.2. The van der Waals surface area contributed by atoms with E-state index in [-0.39, 0.29) is 11.7 Å². The predicted octanol–water partition coefficient (Wildman–Crippen LogP) is 4.14. The summed E-state index contributed by atoms with van der Waals surface area (Å²) in [5, 5.41) is 18.6. The molecule has 3 aromatic rings. The summed E-state index contributed by atoms with van der Waals surface area (Å²) in [5.74, 6) is 1.17. The second-order valence-electron chi connectivity index (χ2n) is 6.44. The minimum atomic E-state index is -0.416. The average molecular weight is 383 g/mol. The van der Waals surface area contributed by atoms with Gasteiger partial charge in [-0.3, -0.25) is 10.1 Å². The number of anilines is 1. The SMILES string of the molecule is Cc1cc(NCC(c2ccsc2)N(C)C)nc(-c2cccc([N+](=O)[O-])c2)n1. The number of benzene rings is 1. The number of hydrogen-bond acceptors (Lipinski definition) is 7. The van der Waals surface area contributed by atoms with E-state index in [4.69, 9.17) is 0 Å². The Morgan fingerprint density at radius 2 is 2.07 bits per heavy atom. The van der Waals surface area contributed by atoms with E-state index in [0.29, 0.717) is 23.8 Å². The smallest absolute Gasteiger partial charge is 0.270 e. The molecule has 3 rings (SSSR count). The van der Waals surface area contributed by atoms with E-state index in [9.17, 15) is 10.1 Å². The Bertz CT molecular complexity index is 928. The highest BCUT2D eigenvalue weighted by Gasteiger charge is 2.15. The van der Waals surface area contributed by atoms with E-state index in [1.54, 1.807) is 23.5 Å². The number of likely N-dealkylation sites (N-methyl/N-ethyl adjacent to an activating group) is 1. The molecule has 0 radical (unpaired) electrons. The van der Waals surface area contributed by atoms with Gasteiger partial charge in [-0.15, -0.1) is 0 Å². The van der Waals surface area contributed by atoms with Gasteiger partial charge in [0.05, 0.1) is 11.0 Å². The molecule has 0 aliphatic carbocycles. The van der Waals surface area contributed by atoms with Crippen LogP contribution in [-0.4, -0.2) is 40.4 Å². The number of thiophene rings is 1. The summed E-state index contributed by atoms with van der Waals surface area (Å²) in [6.07, 6.45) is 0. The molecule has 0 saturated heterocycles. The number of rotatable bonds is 7. The Hall–Kier alpha value is -2.84. The normalized spacial score (nSPS) is 12.1. The third-order valence-electron chi connectivity index (χ3n) is 4.20. The molecule has 0 saturated carbocycles. The molecule has 0 bridgehead atoms. The molecule has 8 heteroatoms. The van der Waals surface area contributed by atoms with E-state index in [1.165, 1.54) is 17.7 Å². The lowest BCUT2D eigenvalue weighted by molar-refractivity contribution is -0.384. The van der Waals surface area contributed by atoms with Gasteiger partial charge < -0.3 is 10.2 Å². The van der Waals surface area contributed by atoms with Crippen LogP contribution in [0.4, 0.5) is 11.5 Å². The topological polar surface area (TPSA) is 84.2 Å². The zero-order valence-electron chi connectivity index (χ0n) is 15.4. The Morgan fingerprint density at radius 1 is 1.26 bits per heavy atom. The molecule has 1 atom stereocenters. The number of nitrogens with one attached hydrogen (secondary N) is 1. The lowest BCUT2D eigenvalue weighted by Crippen LogP contribution is -2.26. The molecular weight excluding hydrogens is 362 g/mol. The maximum Gasteiger partial charge on any atom is 0.270 e. The van der Waals surface area contributed by atoms with E-state index in [2.05, 4.69) is 37.0 Å². The van der Waals surface area contributed by atoms with Crippen LogP contribution >= 0.6 is 11.3 Å². The Morgan fingerprint density at radius 3 is 2.74 bits per heavy atom. The molecule has 0 aliphatic heterocycles. The number of aromatic nitrogens is 2. The molecule has 27 heavy (non-hydrogen) atoms. The minimum absolute atomic E-state index is 0.0252. The van der Waals surface area contributed by atoms with Crippen molar-refractivity contribution in [3.63, 3.8) is 0 Å². The van der Waals surface area contributed by atoms with Gasteiger partial charge in [-0.1, -0.05) is 12.1 Å². The summed E-state index contributed by atoms with van der Waals surface area (Å²) in [6.45, 7) is 2.57. The first-order valence-electron chi connectivity index (χ1n) is 8.47. The first-order chi connectivity index (χ1) is 12.9. The molecule has 1 N–H and O–H groups in total. The Balaban J connectivity index is 1.83. The number of aryl methyl sites for hydroxylation is 1. The lowest BCUT2D eigenvalue weighted by Gasteiger charge is -2.24. The summed E-state index contributed by atoms with van der Waals surface area (Å²) in [6, 6.07) is 10.6. The van der Waals surface area contributed by atoms with Crippen LogP contribution in [0.1, 0.15) is 17.3 Å². The maximum atomic E-state index is 11.0. The fraction of sp³-hybridized carbons (Fsp3) is 0.263. The van der Waals surface area contributed by atoms with Crippen molar-refractivity contribution in [3.05, 3.63) is 68.5 Å². The molecule has 1 aromatic carbocycles. The van der Waals surface area contributed by atoms with Crippen molar-refractivity contribution in [3.8, 4) is 11.4 Å². The first kappa shape index (κ1) is 18.9. The van der Waals surface area contributed by atoms with E-state index >= 15 is 0 Å². The van der Waals surface area contributed by atoms with E-state index in [1.807, 2.05) is 27.1 Å². The van der Waals surface area contributed by atoms with Crippen molar-refractivity contribution in [2.75, 3.05) is 26.0 Å². The van der Waals surface area contributed by atoms with Crippen LogP contribution in [0.25, 0.3) is 11.4 Å². The van der Waals surface area contributed by atoms with Gasteiger partial charge >= 0.3 is 0 Å². The second kappa shape index (κ2) is 8.24. The quantitative estimate of drug-likeness (QED) is 0.488. The minimum Gasteiger partial charge on any atom is -0.368 e. The predicted molar refractivity (Wildman–Crippen MR) is 108 cm³/mol. The molecular formula is C19H21N5O2S. The third kappa shape index (κ3) is 4.66. The fourth-order valence-corrected chi connectivity index (χ4v) is 3.52. The van der Waals surface area contributed by atoms with Gasteiger partial charge in [-0.05, 0) is 43.4 Å². The molecule has 7 nitrogen and oxygen atoms in total. The summed E-state index contributed by atoms with van der Waals surface area (Å²) in [5.41, 5.74) is 2.70. The highest BCUT2D eigenvalue weighted by atomic mass is 32.1. The number of nitro groups is 1. The van der Waals surface area contributed by atoms with E-state index < -0.39 is 4.92 Å². The van der Waals surface area contributed by atoms with Gasteiger partial charge in [0.1, 0.15) is 5.82 Å². The van der Waals surface area contributed by atoms with Crippen LogP contribution in [0.2, 0.25) is 0 Å². The molecule has 2 aromatic heterocycles. The van der Waals surface area contributed by atoms with Crippen molar-refractivity contribution in [2.45, 2.75) is 13.0 Å². The maximum absolute atomic E-state index is 11.0. The van der Waals surface area contributed by atoms with Crippen LogP contribution in [0, 0.1) is 17.0 Å². The Kier molecular flexibility index (Phi) is 5.78. The highest BCUT2D eigenvalue weighted by Crippen LogP contribution is 2.24. The molecule has 2 heterocycles. The summed E-state index contributed by atoms with van der Waals surface area (Å²) >= 11 is 1.68. The average Bonchev–Trinajstić information content (AvgIpc) is 3.15. The number of nitrogens with zero attached hydrogens (tertiary/aromatic N) is 4. The molecule has 0 aliphatic rings. The largest absolute Gasteiger partial charge is 0.368 e. The molecule has 0 amide bonds. The van der Waals surface area contributed by atoms with Crippen LogP contribution in [0.3, 0.4) is 0 Å². The monoisotopic (exact) mass is 383 g/mol. The van der Waals surface area contributed by atoms with Crippen molar-refractivity contribution in [1.82, 2.24) is 14.9 Å². The molecule has 0 fully saturated rings. The summed E-state index contributed by atoms with van der Waals surface area (Å²) in [7, 11) is 4.09. The van der Waals surface area contributed by atoms with Crippen LogP contribution < -0.4 is 5.32 Å². The van der Waals surface area contributed by atoms with Crippen molar-refractivity contribution >= 4 is 22.8 Å². The highest BCUT2D eigenvalue weighted by molar-refractivity contribution is 7.07. The third-order valence-corrected chi connectivity index (χ3v) is 4.90. The molecule has 1 unspecified atom stereocenters. The van der Waals surface area contributed by atoms with Crippen LogP contribution in [0.5, 0.6) is 0 Å². The van der Waals surface area contributed by atoms with E-state index in [0.717, 1.165) is 5.69 Å². The van der Waals surface area contributed by atoms with Crippen molar-refractivity contribution < 1.29 is 4.92 Å². The van der Waals surface area contributed by atoms with Crippen LogP contribution in [-0.2, 0) is 0 Å². The van der Waals surface area contributed by atoms with Gasteiger partial charge in [0.15, 0.2) is 5.82 Å². The summed E-state index contributed by atoms with van der Waals surface area (Å²) < 4.78 is 0. The second-order valence-corrected chi connectivity index (χ2v) is 7.22. The van der Waals surface area contributed by atoms with Gasteiger partial charge in [-0.25, -0.2) is 9.97 Å².